The number of para-hydroxylation sites is 1. The van der Waals surface area contributed by atoms with E-state index >= 15 is 0 Å². The van der Waals surface area contributed by atoms with E-state index in [-0.39, 0.29) is 30.1 Å². The van der Waals surface area contributed by atoms with Gasteiger partial charge in [-0.25, -0.2) is 0 Å². The largest absolute Gasteiger partial charge is 0.381 e. The van der Waals surface area contributed by atoms with E-state index in [2.05, 4.69) is 5.16 Å². The van der Waals surface area contributed by atoms with Crippen molar-refractivity contribution in [3.8, 4) is 0 Å². The number of rotatable bonds is 4. The summed E-state index contributed by atoms with van der Waals surface area (Å²) in [7, 11) is 3.51. The highest BCUT2D eigenvalue weighted by Crippen LogP contribution is 2.43. The highest BCUT2D eigenvalue weighted by molar-refractivity contribution is 5.86. The molecule has 6 heteroatoms. The number of likely N-dealkylation sites (tertiary alicyclic amines) is 1. The van der Waals surface area contributed by atoms with E-state index in [1.807, 2.05) is 29.2 Å². The van der Waals surface area contributed by atoms with Crippen LogP contribution in [0.3, 0.4) is 0 Å². The van der Waals surface area contributed by atoms with E-state index in [9.17, 15) is 4.79 Å². The van der Waals surface area contributed by atoms with Gasteiger partial charge in [-0.05, 0) is 37.8 Å². The van der Waals surface area contributed by atoms with Gasteiger partial charge in [0, 0.05) is 26.2 Å². The second-order valence-electron chi connectivity index (χ2n) is 7.06. The first kappa shape index (κ1) is 16.5. The van der Waals surface area contributed by atoms with Crippen LogP contribution in [0.25, 0.3) is 11.0 Å². The van der Waals surface area contributed by atoms with Crippen molar-refractivity contribution in [3.63, 3.8) is 0 Å². The lowest BCUT2D eigenvalue weighted by atomic mass is 9.79. The summed E-state index contributed by atoms with van der Waals surface area (Å²) >= 11 is 0. The van der Waals surface area contributed by atoms with Crippen molar-refractivity contribution in [3.05, 3.63) is 30.0 Å². The third kappa shape index (κ3) is 2.73. The van der Waals surface area contributed by atoms with Crippen molar-refractivity contribution >= 4 is 16.9 Å². The van der Waals surface area contributed by atoms with Gasteiger partial charge < -0.3 is 18.9 Å². The third-order valence-electron chi connectivity index (χ3n) is 5.97. The molecule has 2 aliphatic rings. The Morgan fingerprint density at radius 3 is 3.00 bits per heavy atom. The van der Waals surface area contributed by atoms with Gasteiger partial charge in [-0.15, -0.1) is 0 Å². The van der Waals surface area contributed by atoms with Crippen LogP contribution in [0, 0.1) is 0 Å². The second-order valence-corrected chi connectivity index (χ2v) is 7.06. The van der Waals surface area contributed by atoms with Crippen LogP contribution < -0.4 is 0 Å². The van der Waals surface area contributed by atoms with Crippen LogP contribution >= 0.6 is 0 Å². The zero-order valence-corrected chi connectivity index (χ0v) is 14.7. The predicted molar refractivity (Wildman–Crippen MR) is 92.2 cm³/mol. The van der Waals surface area contributed by atoms with E-state index in [0.717, 1.165) is 43.2 Å². The standard InChI is InChI=1S/C19H24N2O4/c1-23-13-7-8-19(24-2)9-10-21(17(19)11-13)18(22)12-15-14-5-3-4-6-16(14)25-20-15/h3-6,13,17H,7-12H2,1-2H3/t13-,17-,19+/m0/s1. The number of hydrogen-bond acceptors (Lipinski definition) is 5. The molecule has 4 rings (SSSR count). The number of carbonyl (C=O) groups excluding carboxylic acids is 1. The number of aromatic nitrogens is 1. The van der Waals surface area contributed by atoms with E-state index in [0.29, 0.717) is 5.69 Å². The molecule has 1 aromatic heterocycles. The monoisotopic (exact) mass is 344 g/mol. The summed E-state index contributed by atoms with van der Waals surface area (Å²) in [6.45, 7) is 0.726. The first-order valence-electron chi connectivity index (χ1n) is 8.87. The van der Waals surface area contributed by atoms with E-state index in [4.69, 9.17) is 14.0 Å². The molecule has 6 nitrogen and oxygen atoms in total. The average molecular weight is 344 g/mol. The van der Waals surface area contributed by atoms with E-state index < -0.39 is 0 Å². The molecule has 2 heterocycles. The van der Waals surface area contributed by atoms with E-state index in [1.165, 1.54) is 0 Å². The van der Waals surface area contributed by atoms with Gasteiger partial charge in [0.05, 0.1) is 24.2 Å². The lowest BCUT2D eigenvalue weighted by Crippen LogP contribution is -2.53. The summed E-state index contributed by atoms with van der Waals surface area (Å²) in [5, 5.41) is 5.01. The molecule has 0 bridgehead atoms. The number of nitrogens with zero attached hydrogens (tertiary/aromatic N) is 2. The molecule has 25 heavy (non-hydrogen) atoms. The predicted octanol–water partition coefficient (Wildman–Crippen LogP) is 2.56. The van der Waals surface area contributed by atoms with Gasteiger partial charge in [-0.2, -0.15) is 0 Å². The van der Waals surface area contributed by atoms with Crippen molar-refractivity contribution in [2.45, 2.75) is 49.9 Å². The molecule has 2 aromatic rings. The Morgan fingerprint density at radius 1 is 1.36 bits per heavy atom. The van der Waals surface area contributed by atoms with Crippen LogP contribution in [-0.2, 0) is 20.7 Å². The number of ether oxygens (including phenoxy) is 2. The molecule has 3 atom stereocenters. The molecule has 0 radical (unpaired) electrons. The molecule has 134 valence electrons. The van der Waals surface area contributed by atoms with Crippen molar-refractivity contribution < 1.29 is 18.8 Å². The summed E-state index contributed by atoms with van der Waals surface area (Å²) in [6.07, 6.45) is 4.07. The minimum atomic E-state index is -0.226. The van der Waals surface area contributed by atoms with Crippen LogP contribution in [0.4, 0.5) is 0 Å². The van der Waals surface area contributed by atoms with Crippen molar-refractivity contribution in [2.24, 2.45) is 0 Å². The fourth-order valence-electron chi connectivity index (χ4n) is 4.49. The molecular formula is C19H24N2O4. The maximum absolute atomic E-state index is 13.0. The van der Waals surface area contributed by atoms with Gasteiger partial charge in [-0.3, -0.25) is 4.79 Å². The molecule has 1 saturated heterocycles. The van der Waals surface area contributed by atoms with Crippen molar-refractivity contribution in [1.82, 2.24) is 10.1 Å². The molecular weight excluding hydrogens is 320 g/mol. The first-order valence-corrected chi connectivity index (χ1v) is 8.87. The number of fused-ring (bicyclic) bond motifs is 2. The van der Waals surface area contributed by atoms with Gasteiger partial charge in [0.15, 0.2) is 5.58 Å². The molecule has 2 fully saturated rings. The van der Waals surface area contributed by atoms with Crippen LogP contribution in [0.5, 0.6) is 0 Å². The number of amides is 1. The first-order chi connectivity index (χ1) is 12.2. The Labute approximate surface area is 147 Å². The van der Waals surface area contributed by atoms with Gasteiger partial charge in [0.2, 0.25) is 5.91 Å². The van der Waals surface area contributed by atoms with Crippen molar-refractivity contribution in [2.75, 3.05) is 20.8 Å². The Morgan fingerprint density at radius 2 is 2.20 bits per heavy atom. The number of hydrogen-bond donors (Lipinski definition) is 0. The van der Waals surface area contributed by atoms with Crippen LogP contribution in [-0.4, -0.2) is 54.5 Å². The van der Waals surface area contributed by atoms with Gasteiger partial charge >= 0.3 is 0 Å². The van der Waals surface area contributed by atoms with Crippen molar-refractivity contribution in [1.29, 1.82) is 0 Å². The second kappa shape index (κ2) is 6.42. The molecule has 1 aliphatic heterocycles. The summed E-state index contributed by atoms with van der Waals surface area (Å²) in [5.74, 6) is 0.0831. The summed E-state index contributed by atoms with van der Waals surface area (Å²) in [5.41, 5.74) is 1.20. The zero-order chi connectivity index (χ0) is 17.4. The summed E-state index contributed by atoms with van der Waals surface area (Å²) in [6, 6.07) is 7.72. The minimum Gasteiger partial charge on any atom is -0.381 e. The fourth-order valence-corrected chi connectivity index (χ4v) is 4.49. The highest BCUT2D eigenvalue weighted by Gasteiger charge is 2.52. The van der Waals surface area contributed by atoms with Gasteiger partial charge in [0.25, 0.3) is 0 Å². The number of methoxy groups -OCH3 is 2. The molecule has 1 aromatic carbocycles. The average Bonchev–Trinajstić information content (AvgIpc) is 3.23. The zero-order valence-electron chi connectivity index (χ0n) is 14.7. The van der Waals surface area contributed by atoms with Crippen LogP contribution in [0.15, 0.2) is 28.8 Å². The molecule has 1 saturated carbocycles. The molecule has 1 amide bonds. The Kier molecular flexibility index (Phi) is 4.25. The lowest BCUT2D eigenvalue weighted by Gasteiger charge is -2.43. The Bertz CT molecular complexity index is 774. The van der Waals surface area contributed by atoms with E-state index in [1.54, 1.807) is 14.2 Å². The minimum absolute atomic E-state index is 0.0712. The molecule has 0 spiro atoms. The maximum atomic E-state index is 13.0. The summed E-state index contributed by atoms with van der Waals surface area (Å²) in [4.78, 5) is 15.0. The maximum Gasteiger partial charge on any atom is 0.229 e. The van der Waals surface area contributed by atoms with Crippen LogP contribution in [0.1, 0.15) is 31.4 Å². The molecule has 0 N–H and O–H groups in total. The van der Waals surface area contributed by atoms with Gasteiger partial charge in [0.1, 0.15) is 5.69 Å². The lowest BCUT2D eigenvalue weighted by molar-refractivity contribution is -0.140. The smallest absolute Gasteiger partial charge is 0.229 e. The van der Waals surface area contributed by atoms with Gasteiger partial charge in [-0.1, -0.05) is 17.3 Å². The quantitative estimate of drug-likeness (QED) is 0.853. The fraction of sp³-hybridized carbons (Fsp3) is 0.579. The SMILES string of the molecule is CO[C@H]1CC[C@@]2(OC)CCN(C(=O)Cc3noc4ccccc34)[C@H]2C1. The summed E-state index contributed by atoms with van der Waals surface area (Å²) < 4.78 is 16.8. The normalized spacial score (nSPS) is 29.1. The Balaban J connectivity index is 1.55. The van der Waals surface area contributed by atoms with Crippen LogP contribution in [0.2, 0.25) is 0 Å². The third-order valence-corrected chi connectivity index (χ3v) is 5.97. The highest BCUT2D eigenvalue weighted by atomic mass is 16.5. The molecule has 1 aliphatic carbocycles. The number of benzene rings is 1. The molecule has 0 unspecified atom stereocenters. The number of carbonyl (C=O) groups is 1. The topological polar surface area (TPSA) is 64.8 Å². The Hall–Kier alpha value is -1.92.